The van der Waals surface area contributed by atoms with E-state index in [1.165, 1.54) is 0 Å². The fraction of sp³-hybridized carbons (Fsp3) is 0.179. The van der Waals surface area contributed by atoms with Gasteiger partial charge in [0.1, 0.15) is 5.56 Å². The van der Waals surface area contributed by atoms with Crippen LogP contribution >= 0.6 is 15.9 Å². The number of anilines is 2. The van der Waals surface area contributed by atoms with Gasteiger partial charge in [-0.15, -0.1) is 0 Å². The SMILES string of the molecule is CCc1ccc(NC(=O)c2cc3c(NC(=O)Cc4ccc(Br)cc4)cccc3n(CC)c2=O)cc1. The van der Waals surface area contributed by atoms with E-state index in [4.69, 9.17) is 0 Å². The van der Waals surface area contributed by atoms with Gasteiger partial charge in [-0.3, -0.25) is 14.4 Å². The molecule has 3 aromatic carbocycles. The molecule has 0 radical (unpaired) electrons. The van der Waals surface area contributed by atoms with Crippen molar-refractivity contribution in [2.24, 2.45) is 0 Å². The normalized spacial score (nSPS) is 10.8. The number of halogens is 1. The minimum Gasteiger partial charge on any atom is -0.325 e. The Morgan fingerprint density at radius 2 is 1.57 bits per heavy atom. The highest BCUT2D eigenvalue weighted by atomic mass is 79.9. The molecule has 2 N–H and O–H groups in total. The summed E-state index contributed by atoms with van der Waals surface area (Å²) in [5.41, 5.74) is 3.51. The number of rotatable bonds is 7. The molecule has 1 heterocycles. The van der Waals surface area contributed by atoms with Gasteiger partial charge in [-0.1, -0.05) is 53.2 Å². The van der Waals surface area contributed by atoms with Gasteiger partial charge in [0.2, 0.25) is 5.91 Å². The molecule has 7 heteroatoms. The van der Waals surface area contributed by atoms with E-state index in [2.05, 4.69) is 33.5 Å². The number of aromatic nitrogens is 1. The van der Waals surface area contributed by atoms with Crippen molar-refractivity contribution in [3.63, 3.8) is 0 Å². The maximum absolute atomic E-state index is 13.2. The number of nitrogens with one attached hydrogen (secondary N) is 2. The van der Waals surface area contributed by atoms with Crippen molar-refractivity contribution in [2.75, 3.05) is 10.6 Å². The van der Waals surface area contributed by atoms with Gasteiger partial charge < -0.3 is 15.2 Å². The number of hydrogen-bond acceptors (Lipinski definition) is 3. The van der Waals surface area contributed by atoms with Gasteiger partial charge in [-0.2, -0.15) is 0 Å². The summed E-state index contributed by atoms with van der Waals surface area (Å²) in [6.07, 6.45) is 1.11. The van der Waals surface area contributed by atoms with Gasteiger partial charge >= 0.3 is 0 Å². The summed E-state index contributed by atoms with van der Waals surface area (Å²) in [7, 11) is 0. The summed E-state index contributed by atoms with van der Waals surface area (Å²) in [5.74, 6) is -0.671. The van der Waals surface area contributed by atoms with Crippen molar-refractivity contribution < 1.29 is 9.59 Å². The number of carbonyl (C=O) groups is 2. The first-order chi connectivity index (χ1) is 16.9. The smallest absolute Gasteiger partial charge is 0.263 e. The Morgan fingerprint density at radius 3 is 2.23 bits per heavy atom. The zero-order valence-electron chi connectivity index (χ0n) is 19.6. The topological polar surface area (TPSA) is 80.2 Å². The minimum atomic E-state index is -0.487. The Balaban J connectivity index is 1.67. The predicted molar refractivity (Wildman–Crippen MR) is 144 cm³/mol. The largest absolute Gasteiger partial charge is 0.325 e. The second-order valence-corrected chi connectivity index (χ2v) is 9.12. The van der Waals surface area contributed by atoms with Crippen LogP contribution in [0, 0.1) is 0 Å². The summed E-state index contributed by atoms with van der Waals surface area (Å²) < 4.78 is 2.50. The van der Waals surface area contributed by atoms with Crippen LogP contribution in [0.1, 0.15) is 35.3 Å². The fourth-order valence-corrected chi connectivity index (χ4v) is 4.26. The number of aryl methyl sites for hydroxylation is 2. The Labute approximate surface area is 212 Å². The maximum Gasteiger partial charge on any atom is 0.263 e. The molecule has 0 saturated carbocycles. The lowest BCUT2D eigenvalue weighted by molar-refractivity contribution is -0.115. The molecule has 0 aliphatic carbocycles. The Hall–Kier alpha value is -3.71. The van der Waals surface area contributed by atoms with Crippen LogP contribution in [0.15, 0.2) is 82.1 Å². The average Bonchev–Trinajstić information content (AvgIpc) is 2.85. The zero-order chi connectivity index (χ0) is 24.9. The van der Waals surface area contributed by atoms with Gasteiger partial charge in [-0.05, 0) is 66.9 Å². The lowest BCUT2D eigenvalue weighted by Gasteiger charge is -2.15. The predicted octanol–water partition coefficient (Wildman–Crippen LogP) is 5.78. The molecule has 178 valence electrons. The van der Waals surface area contributed by atoms with E-state index in [-0.39, 0.29) is 23.5 Å². The van der Waals surface area contributed by atoms with Crippen LogP contribution in [0.5, 0.6) is 0 Å². The Kier molecular flexibility index (Phi) is 7.46. The van der Waals surface area contributed by atoms with Crippen LogP contribution in [0.2, 0.25) is 0 Å². The average molecular weight is 532 g/mol. The number of benzene rings is 3. The summed E-state index contributed by atoms with van der Waals surface area (Å²) in [6.45, 7) is 4.30. The monoisotopic (exact) mass is 531 g/mol. The zero-order valence-corrected chi connectivity index (χ0v) is 21.2. The fourth-order valence-electron chi connectivity index (χ4n) is 3.99. The molecule has 6 nitrogen and oxygen atoms in total. The molecule has 0 saturated heterocycles. The van der Waals surface area contributed by atoms with E-state index < -0.39 is 5.91 Å². The van der Waals surface area contributed by atoms with Gasteiger partial charge in [-0.25, -0.2) is 0 Å². The van der Waals surface area contributed by atoms with E-state index in [0.717, 1.165) is 22.0 Å². The third-order valence-electron chi connectivity index (χ3n) is 5.87. The lowest BCUT2D eigenvalue weighted by atomic mass is 10.1. The summed E-state index contributed by atoms with van der Waals surface area (Å²) in [6, 6.07) is 22.0. The lowest BCUT2D eigenvalue weighted by Crippen LogP contribution is -2.29. The number of hydrogen-bond donors (Lipinski definition) is 2. The molecule has 0 unspecified atom stereocenters. The molecular formula is C28H26BrN3O3. The second kappa shape index (κ2) is 10.7. The third-order valence-corrected chi connectivity index (χ3v) is 6.40. The van der Waals surface area contributed by atoms with Crippen LogP contribution in [-0.2, 0) is 24.2 Å². The molecule has 35 heavy (non-hydrogen) atoms. The van der Waals surface area contributed by atoms with Crippen LogP contribution < -0.4 is 16.2 Å². The van der Waals surface area contributed by atoms with Crippen molar-refractivity contribution in [3.8, 4) is 0 Å². The van der Waals surface area contributed by atoms with Crippen molar-refractivity contribution in [1.29, 1.82) is 0 Å². The van der Waals surface area contributed by atoms with Gasteiger partial charge in [0, 0.05) is 22.1 Å². The van der Waals surface area contributed by atoms with E-state index >= 15 is 0 Å². The third kappa shape index (κ3) is 5.52. The molecule has 2 amide bonds. The van der Waals surface area contributed by atoms with Gasteiger partial charge in [0.25, 0.3) is 11.5 Å². The molecule has 0 aliphatic heterocycles. The number of carbonyl (C=O) groups excluding carboxylic acids is 2. The van der Waals surface area contributed by atoms with E-state index in [1.54, 1.807) is 22.8 Å². The van der Waals surface area contributed by atoms with Gasteiger partial charge in [0.05, 0.1) is 17.6 Å². The van der Waals surface area contributed by atoms with Crippen molar-refractivity contribution in [3.05, 3.63) is 104 Å². The minimum absolute atomic E-state index is 0.0218. The molecule has 0 aliphatic rings. The number of nitrogens with zero attached hydrogens (tertiary/aromatic N) is 1. The number of amides is 2. The second-order valence-electron chi connectivity index (χ2n) is 8.20. The highest BCUT2D eigenvalue weighted by Gasteiger charge is 2.18. The molecule has 0 atom stereocenters. The molecular weight excluding hydrogens is 506 g/mol. The molecule has 0 bridgehead atoms. The number of pyridine rings is 1. The maximum atomic E-state index is 13.2. The van der Waals surface area contributed by atoms with Crippen LogP contribution in [0.3, 0.4) is 0 Å². The molecule has 0 spiro atoms. The summed E-state index contributed by atoms with van der Waals surface area (Å²) in [4.78, 5) is 39.0. The van der Waals surface area contributed by atoms with Crippen LogP contribution in [-0.4, -0.2) is 16.4 Å². The Morgan fingerprint density at radius 1 is 0.886 bits per heavy atom. The van der Waals surface area contributed by atoms with Crippen molar-refractivity contribution >= 4 is 50.0 Å². The highest BCUT2D eigenvalue weighted by Crippen LogP contribution is 2.24. The van der Waals surface area contributed by atoms with Crippen LogP contribution in [0.25, 0.3) is 10.9 Å². The molecule has 4 aromatic rings. The van der Waals surface area contributed by atoms with Crippen LogP contribution in [0.4, 0.5) is 11.4 Å². The van der Waals surface area contributed by atoms with Crippen molar-refractivity contribution in [1.82, 2.24) is 4.57 Å². The van der Waals surface area contributed by atoms with Gasteiger partial charge in [0.15, 0.2) is 0 Å². The quantitative estimate of drug-likeness (QED) is 0.317. The van der Waals surface area contributed by atoms with Crippen molar-refractivity contribution in [2.45, 2.75) is 33.2 Å². The number of fused-ring (bicyclic) bond motifs is 1. The molecule has 4 rings (SSSR count). The van der Waals surface area contributed by atoms with E-state index in [9.17, 15) is 14.4 Å². The first kappa shape index (κ1) is 24.4. The standard InChI is InChI=1S/C28H26BrN3O3/c1-3-18-10-14-21(15-11-18)30-27(34)23-17-22-24(6-5-7-25(22)32(4-2)28(23)35)31-26(33)16-19-8-12-20(29)13-9-19/h5-15,17H,3-4,16H2,1-2H3,(H,30,34)(H,31,33). The van der Waals surface area contributed by atoms with E-state index in [0.29, 0.717) is 28.8 Å². The Bertz CT molecular complexity index is 1440. The summed E-state index contributed by atoms with van der Waals surface area (Å²) >= 11 is 3.40. The first-order valence-corrected chi connectivity index (χ1v) is 12.3. The molecule has 1 aromatic heterocycles. The van der Waals surface area contributed by atoms with E-state index in [1.807, 2.05) is 61.5 Å². The highest BCUT2D eigenvalue weighted by molar-refractivity contribution is 9.10. The molecule has 0 fully saturated rings. The summed E-state index contributed by atoms with van der Waals surface area (Å²) in [5, 5.41) is 6.40. The first-order valence-electron chi connectivity index (χ1n) is 11.5.